The third kappa shape index (κ3) is 10.4. The number of carbonyl (C=O) groups is 3. The average Bonchev–Trinajstić information content (AvgIpc) is 3.31. The molecule has 0 unspecified atom stereocenters. The molecule has 0 heterocycles. The highest BCUT2D eigenvalue weighted by Gasteiger charge is 2.35. The number of carbonyl (C=O) groups excluding carboxylic acids is 3. The summed E-state index contributed by atoms with van der Waals surface area (Å²) in [5.74, 6) is -2.12. The van der Waals surface area contributed by atoms with Crippen LogP contribution in [0.4, 0.5) is 0 Å². The number of ether oxygens (including phenoxy) is 2. The summed E-state index contributed by atoms with van der Waals surface area (Å²) in [6.45, 7) is 11.7. The minimum absolute atomic E-state index is 0.0529. The van der Waals surface area contributed by atoms with Gasteiger partial charge in [0, 0.05) is 16.0 Å². The molecule has 0 aromatic heterocycles. The minimum atomic E-state index is -0.850. The summed E-state index contributed by atoms with van der Waals surface area (Å²) in [5, 5.41) is 14.2. The van der Waals surface area contributed by atoms with E-state index in [1.807, 2.05) is 90.1 Å². The summed E-state index contributed by atoms with van der Waals surface area (Å²) in [6, 6.07) is 24.3. The number of esters is 2. The molecule has 0 saturated carbocycles. The van der Waals surface area contributed by atoms with Gasteiger partial charge in [-0.1, -0.05) is 81.4 Å². The van der Waals surface area contributed by atoms with Gasteiger partial charge in [0.05, 0.1) is 24.9 Å². The van der Waals surface area contributed by atoms with E-state index in [-0.39, 0.29) is 56.1 Å². The molecule has 252 valence electrons. The lowest BCUT2D eigenvalue weighted by Crippen LogP contribution is -2.41. The Hall–Kier alpha value is -3.24. The van der Waals surface area contributed by atoms with Gasteiger partial charge < -0.3 is 19.9 Å². The lowest BCUT2D eigenvalue weighted by molar-refractivity contribution is -0.157. The molecule has 3 aromatic rings. The van der Waals surface area contributed by atoms with E-state index < -0.39 is 29.0 Å². The normalized spacial score (nSPS) is 14.8. The van der Waals surface area contributed by atoms with E-state index in [1.54, 1.807) is 0 Å². The van der Waals surface area contributed by atoms with Gasteiger partial charge in [-0.3, -0.25) is 14.4 Å². The Morgan fingerprint density at radius 3 is 1.96 bits per heavy atom. The summed E-state index contributed by atoms with van der Waals surface area (Å²) >= 11 is 2.24. The quantitative estimate of drug-likeness (QED) is 0.139. The molecule has 4 rings (SSSR count). The molecule has 3 atom stereocenters. The van der Waals surface area contributed by atoms with Crippen molar-refractivity contribution in [2.24, 2.45) is 17.3 Å². The number of rotatable bonds is 13. The largest absolute Gasteiger partial charge is 0.465 e. The molecule has 2 N–H and O–H groups in total. The predicted molar refractivity (Wildman–Crippen MR) is 193 cm³/mol. The molecular weight excluding hydrogens is 705 g/mol. The highest BCUT2D eigenvalue weighted by molar-refractivity contribution is 14.1. The van der Waals surface area contributed by atoms with Gasteiger partial charge in [0.15, 0.2) is 0 Å². The van der Waals surface area contributed by atoms with E-state index in [2.05, 4.69) is 52.2 Å². The van der Waals surface area contributed by atoms with Crippen LogP contribution in [0, 0.1) is 20.8 Å². The first-order valence-corrected chi connectivity index (χ1v) is 17.5. The number of benzene rings is 3. The molecule has 1 aliphatic rings. The highest BCUT2D eigenvalue weighted by Crippen LogP contribution is 2.44. The zero-order valence-corrected chi connectivity index (χ0v) is 30.5. The Balaban J connectivity index is 1.34. The fourth-order valence-electron chi connectivity index (χ4n) is 6.20. The van der Waals surface area contributed by atoms with Gasteiger partial charge >= 0.3 is 11.9 Å². The third-order valence-electron chi connectivity index (χ3n) is 8.65. The van der Waals surface area contributed by atoms with E-state index in [4.69, 9.17) is 9.47 Å². The van der Waals surface area contributed by atoms with Crippen molar-refractivity contribution in [2.45, 2.75) is 84.8 Å². The van der Waals surface area contributed by atoms with Crippen molar-refractivity contribution in [1.82, 2.24) is 5.32 Å². The summed E-state index contributed by atoms with van der Waals surface area (Å²) in [5.41, 5.74) is 4.47. The van der Waals surface area contributed by atoms with Gasteiger partial charge in [-0.05, 0) is 107 Å². The number of nitrogens with one attached hydrogen (secondary N) is 1. The molecule has 7 nitrogen and oxygen atoms in total. The number of hydrogen-bond donors (Lipinski definition) is 2. The van der Waals surface area contributed by atoms with Gasteiger partial charge in [0.25, 0.3) is 0 Å². The monoisotopic (exact) mass is 753 g/mol. The maximum Gasteiger partial charge on any atom is 0.306 e. The maximum absolute atomic E-state index is 13.4. The molecule has 1 amide bonds. The molecule has 8 heteroatoms. The van der Waals surface area contributed by atoms with Crippen LogP contribution in [0.2, 0.25) is 0 Å². The predicted octanol–water partition coefficient (Wildman–Crippen LogP) is 7.46. The van der Waals surface area contributed by atoms with Crippen LogP contribution in [0.5, 0.6) is 0 Å². The minimum Gasteiger partial charge on any atom is -0.465 e. The lowest BCUT2D eigenvalue weighted by atomic mass is 9.78. The Kier molecular flexibility index (Phi) is 12.3. The van der Waals surface area contributed by atoms with Crippen LogP contribution < -0.4 is 5.32 Å². The average molecular weight is 754 g/mol. The van der Waals surface area contributed by atoms with Gasteiger partial charge in [-0.15, -0.1) is 0 Å². The highest BCUT2D eigenvalue weighted by atomic mass is 127. The Labute approximate surface area is 293 Å². The smallest absolute Gasteiger partial charge is 0.306 e. The zero-order valence-electron chi connectivity index (χ0n) is 28.3. The zero-order chi connectivity index (χ0) is 34.4. The van der Waals surface area contributed by atoms with Crippen molar-refractivity contribution < 1.29 is 29.0 Å². The molecule has 0 radical (unpaired) electrons. The molecule has 0 fully saturated rings. The van der Waals surface area contributed by atoms with Crippen molar-refractivity contribution in [2.75, 3.05) is 13.2 Å². The molecule has 3 aromatic carbocycles. The van der Waals surface area contributed by atoms with Gasteiger partial charge in [-0.2, -0.15) is 0 Å². The fraction of sp³-hybridized carbons (Fsp3) is 0.462. The molecule has 0 saturated heterocycles. The summed E-state index contributed by atoms with van der Waals surface area (Å²) < 4.78 is 12.5. The molecule has 0 aliphatic heterocycles. The van der Waals surface area contributed by atoms with E-state index in [0.29, 0.717) is 6.42 Å². The van der Waals surface area contributed by atoms with Crippen LogP contribution in [-0.2, 0) is 30.3 Å². The van der Waals surface area contributed by atoms with Gasteiger partial charge in [-0.25, -0.2) is 0 Å². The SMILES string of the molecule is CC(C)(C)OC(=O)C[C@@H](Cc1ccc(I)cc1)[C@@H](O)CCNC(=O)[C@@H](CC(=O)OCC1c2ccccc2-c2ccccc21)C(C)(C)C. The van der Waals surface area contributed by atoms with Crippen molar-refractivity contribution in [3.63, 3.8) is 0 Å². The first-order valence-electron chi connectivity index (χ1n) is 16.4. The number of aliphatic hydroxyl groups excluding tert-OH is 1. The number of fused-ring (bicyclic) bond motifs is 3. The number of aliphatic hydroxyl groups is 1. The fourth-order valence-corrected chi connectivity index (χ4v) is 6.56. The summed E-state index contributed by atoms with van der Waals surface area (Å²) in [6.07, 6.45) is -0.0900. The number of amides is 1. The second-order valence-corrected chi connectivity index (χ2v) is 15.8. The summed E-state index contributed by atoms with van der Waals surface area (Å²) in [7, 11) is 0. The Morgan fingerprint density at radius 2 is 1.40 bits per heavy atom. The Bertz CT molecular complexity index is 1490. The first kappa shape index (κ1) is 36.6. The van der Waals surface area contributed by atoms with Crippen LogP contribution >= 0.6 is 22.6 Å². The van der Waals surface area contributed by atoms with Crippen LogP contribution in [0.25, 0.3) is 11.1 Å². The van der Waals surface area contributed by atoms with Crippen molar-refractivity contribution in [1.29, 1.82) is 0 Å². The van der Waals surface area contributed by atoms with E-state index in [0.717, 1.165) is 31.4 Å². The topological polar surface area (TPSA) is 102 Å². The Morgan fingerprint density at radius 1 is 0.830 bits per heavy atom. The number of hydrogen-bond acceptors (Lipinski definition) is 6. The van der Waals surface area contributed by atoms with Gasteiger partial charge in [0.2, 0.25) is 5.91 Å². The van der Waals surface area contributed by atoms with Crippen LogP contribution in [-0.4, -0.2) is 47.8 Å². The second kappa shape index (κ2) is 15.8. The van der Waals surface area contributed by atoms with Crippen molar-refractivity contribution in [3.8, 4) is 11.1 Å². The second-order valence-electron chi connectivity index (χ2n) is 14.6. The standard InChI is InChI=1S/C39H48INO6/c1-38(2,3)33(23-35(43)46-24-32-30-13-9-7-11-28(30)29-12-8-10-14-31(29)32)37(45)41-20-19-34(42)26(22-36(44)47-39(4,5)6)21-25-15-17-27(40)18-16-25/h7-18,26,32-34,42H,19-24H2,1-6H3,(H,41,45)/t26-,33-,34+/m1/s1. The summed E-state index contributed by atoms with van der Waals surface area (Å²) in [4.78, 5) is 39.3. The van der Waals surface area contributed by atoms with Crippen LogP contribution in [0.3, 0.4) is 0 Å². The maximum atomic E-state index is 13.4. The molecule has 0 spiro atoms. The molecule has 0 bridgehead atoms. The first-order chi connectivity index (χ1) is 22.1. The van der Waals surface area contributed by atoms with E-state index in [9.17, 15) is 19.5 Å². The van der Waals surface area contributed by atoms with Crippen molar-refractivity contribution >= 4 is 40.4 Å². The number of halogens is 1. The van der Waals surface area contributed by atoms with Crippen molar-refractivity contribution in [3.05, 3.63) is 93.1 Å². The third-order valence-corrected chi connectivity index (χ3v) is 9.37. The van der Waals surface area contributed by atoms with E-state index >= 15 is 0 Å². The lowest BCUT2D eigenvalue weighted by Gasteiger charge is -2.29. The van der Waals surface area contributed by atoms with E-state index in [1.165, 1.54) is 0 Å². The molecule has 47 heavy (non-hydrogen) atoms. The van der Waals surface area contributed by atoms with Crippen LogP contribution in [0.1, 0.15) is 83.4 Å². The van der Waals surface area contributed by atoms with Gasteiger partial charge in [0.1, 0.15) is 12.2 Å². The molecular formula is C39H48INO6. The van der Waals surface area contributed by atoms with Crippen LogP contribution in [0.15, 0.2) is 72.8 Å². The molecule has 1 aliphatic carbocycles.